The molecule has 1 saturated heterocycles. The number of hydrogen-bond acceptors (Lipinski definition) is 6. The summed E-state index contributed by atoms with van der Waals surface area (Å²) in [6.45, 7) is 1.95. The van der Waals surface area contributed by atoms with Gasteiger partial charge in [-0.15, -0.1) is 0 Å². The van der Waals surface area contributed by atoms with Gasteiger partial charge in [0.15, 0.2) is 0 Å². The average Bonchev–Trinajstić information content (AvgIpc) is 2.96. The minimum Gasteiger partial charge on any atom is -0.394 e. The number of benzene rings is 1. The van der Waals surface area contributed by atoms with Crippen LogP contribution < -0.4 is 10.0 Å². The minimum atomic E-state index is -3.64. The van der Waals surface area contributed by atoms with E-state index in [2.05, 4.69) is 10.0 Å². The number of rotatable bonds is 8. The molecule has 3 atom stereocenters. The fourth-order valence-electron chi connectivity index (χ4n) is 2.49. The smallest absolute Gasteiger partial charge is 0.253 e. The van der Waals surface area contributed by atoms with E-state index >= 15 is 0 Å². The van der Waals surface area contributed by atoms with Crippen molar-refractivity contribution in [3.8, 4) is 0 Å². The SMILES string of the molecule is CCCCNS(=O)(=O)c1cccc(NC(=O)[C@H]2C[C@H](O)[C@@H](CO)O2)c1. The molecule has 0 aromatic heterocycles. The number of carbonyl (C=O) groups is 1. The van der Waals surface area contributed by atoms with Crippen molar-refractivity contribution in [3.05, 3.63) is 24.3 Å². The molecule has 0 aliphatic carbocycles. The number of unbranched alkanes of at least 4 members (excludes halogenated alkanes) is 1. The Morgan fingerprint density at radius 1 is 1.40 bits per heavy atom. The van der Waals surface area contributed by atoms with Gasteiger partial charge in [0, 0.05) is 18.7 Å². The molecule has 1 fully saturated rings. The number of aliphatic hydroxyl groups is 2. The standard InChI is InChI=1S/C16H24N2O6S/c1-2-3-7-17-25(22,23)12-6-4-5-11(8-12)18-16(21)14-9-13(20)15(10-19)24-14/h4-6,8,13-15,17,19-20H,2-3,7,9-10H2,1H3,(H,18,21)/t13-,14+,15+/m0/s1. The summed E-state index contributed by atoms with van der Waals surface area (Å²) in [5.41, 5.74) is 0.314. The van der Waals surface area contributed by atoms with Gasteiger partial charge < -0.3 is 20.3 Å². The molecule has 9 heteroatoms. The number of amides is 1. The molecule has 1 aromatic carbocycles. The van der Waals surface area contributed by atoms with Gasteiger partial charge in [0.1, 0.15) is 12.2 Å². The number of hydrogen-bond donors (Lipinski definition) is 4. The summed E-state index contributed by atoms with van der Waals surface area (Å²) in [4.78, 5) is 12.3. The lowest BCUT2D eigenvalue weighted by atomic mass is 10.1. The third-order valence-corrected chi connectivity index (χ3v) is 5.39. The lowest BCUT2D eigenvalue weighted by Gasteiger charge is -2.13. The van der Waals surface area contributed by atoms with Crippen molar-refractivity contribution >= 4 is 21.6 Å². The van der Waals surface area contributed by atoms with E-state index < -0.39 is 34.2 Å². The first-order valence-corrected chi connectivity index (χ1v) is 9.70. The quantitative estimate of drug-likeness (QED) is 0.484. The van der Waals surface area contributed by atoms with Crippen molar-refractivity contribution in [3.63, 3.8) is 0 Å². The fraction of sp³-hybridized carbons (Fsp3) is 0.562. The first kappa shape index (κ1) is 19.8. The van der Waals surface area contributed by atoms with Crippen LogP contribution in [0.25, 0.3) is 0 Å². The van der Waals surface area contributed by atoms with Gasteiger partial charge in [0.2, 0.25) is 10.0 Å². The monoisotopic (exact) mass is 372 g/mol. The molecular weight excluding hydrogens is 348 g/mol. The van der Waals surface area contributed by atoms with E-state index in [9.17, 15) is 18.3 Å². The molecule has 0 unspecified atom stereocenters. The average molecular weight is 372 g/mol. The molecule has 0 spiro atoms. The Balaban J connectivity index is 2.03. The third-order valence-electron chi connectivity index (χ3n) is 3.93. The van der Waals surface area contributed by atoms with E-state index in [0.29, 0.717) is 12.2 Å². The summed E-state index contributed by atoms with van der Waals surface area (Å²) in [5.74, 6) is -0.497. The Morgan fingerprint density at radius 3 is 2.80 bits per heavy atom. The molecule has 0 radical (unpaired) electrons. The van der Waals surface area contributed by atoms with Crippen LogP contribution in [0.4, 0.5) is 5.69 Å². The maximum atomic E-state index is 12.2. The Kier molecular flexibility index (Phi) is 6.91. The lowest BCUT2D eigenvalue weighted by Crippen LogP contribution is -2.29. The highest BCUT2D eigenvalue weighted by molar-refractivity contribution is 7.89. The van der Waals surface area contributed by atoms with Crippen molar-refractivity contribution in [2.75, 3.05) is 18.5 Å². The van der Waals surface area contributed by atoms with E-state index in [0.717, 1.165) is 12.8 Å². The molecule has 140 valence electrons. The molecule has 1 heterocycles. The molecule has 25 heavy (non-hydrogen) atoms. The Bertz CT molecular complexity index is 694. The van der Waals surface area contributed by atoms with E-state index in [1.54, 1.807) is 6.07 Å². The Morgan fingerprint density at radius 2 is 2.16 bits per heavy atom. The highest BCUT2D eigenvalue weighted by atomic mass is 32.2. The summed E-state index contributed by atoms with van der Waals surface area (Å²) >= 11 is 0. The van der Waals surface area contributed by atoms with Gasteiger partial charge in [-0.1, -0.05) is 19.4 Å². The van der Waals surface area contributed by atoms with E-state index in [-0.39, 0.29) is 17.9 Å². The maximum absolute atomic E-state index is 12.2. The van der Waals surface area contributed by atoms with Gasteiger partial charge in [-0.2, -0.15) is 0 Å². The molecule has 1 amide bonds. The molecule has 8 nitrogen and oxygen atoms in total. The molecule has 1 aromatic rings. The van der Waals surface area contributed by atoms with Crippen LogP contribution in [0, 0.1) is 0 Å². The predicted molar refractivity (Wildman–Crippen MR) is 91.5 cm³/mol. The van der Waals surface area contributed by atoms with Gasteiger partial charge in [-0.05, 0) is 24.6 Å². The van der Waals surface area contributed by atoms with Crippen molar-refractivity contribution in [1.29, 1.82) is 0 Å². The largest absolute Gasteiger partial charge is 0.394 e. The van der Waals surface area contributed by atoms with Crippen LogP contribution in [0.15, 0.2) is 29.2 Å². The second-order valence-corrected chi connectivity index (χ2v) is 7.68. The first-order chi connectivity index (χ1) is 11.9. The molecule has 0 bridgehead atoms. The van der Waals surface area contributed by atoms with Crippen LogP contribution in [0.1, 0.15) is 26.2 Å². The van der Waals surface area contributed by atoms with Gasteiger partial charge in [0.25, 0.3) is 5.91 Å². The fourth-order valence-corrected chi connectivity index (χ4v) is 3.61. The predicted octanol–water partition coefficient (Wildman–Crippen LogP) is 0.214. The molecular formula is C16H24N2O6S. The maximum Gasteiger partial charge on any atom is 0.253 e. The number of sulfonamides is 1. The second kappa shape index (κ2) is 8.72. The summed E-state index contributed by atoms with van der Waals surface area (Å²) < 4.78 is 32.2. The number of carbonyl (C=O) groups excluding carboxylic acids is 1. The van der Waals surface area contributed by atoms with E-state index in [4.69, 9.17) is 9.84 Å². The summed E-state index contributed by atoms with van der Waals surface area (Å²) in [5, 5.41) is 21.3. The highest BCUT2D eigenvalue weighted by Crippen LogP contribution is 2.22. The minimum absolute atomic E-state index is 0.0574. The Labute approximate surface area is 147 Å². The van der Waals surface area contributed by atoms with Gasteiger partial charge >= 0.3 is 0 Å². The van der Waals surface area contributed by atoms with Crippen LogP contribution >= 0.6 is 0 Å². The van der Waals surface area contributed by atoms with Crippen LogP contribution in [-0.4, -0.2) is 56.0 Å². The topological polar surface area (TPSA) is 125 Å². The highest BCUT2D eigenvalue weighted by Gasteiger charge is 2.37. The van der Waals surface area contributed by atoms with Gasteiger partial charge in [-0.25, -0.2) is 13.1 Å². The summed E-state index contributed by atoms with van der Waals surface area (Å²) in [7, 11) is -3.64. The number of nitrogens with one attached hydrogen (secondary N) is 2. The molecule has 1 aliphatic heterocycles. The summed E-state index contributed by atoms with van der Waals surface area (Å²) in [6.07, 6.45) is -0.896. The van der Waals surface area contributed by atoms with Gasteiger partial charge in [0.05, 0.1) is 17.6 Å². The van der Waals surface area contributed by atoms with Crippen LogP contribution in [0.5, 0.6) is 0 Å². The van der Waals surface area contributed by atoms with Crippen molar-refractivity contribution in [2.45, 2.75) is 49.4 Å². The van der Waals surface area contributed by atoms with Crippen LogP contribution in [-0.2, 0) is 19.6 Å². The second-order valence-electron chi connectivity index (χ2n) is 5.92. The molecule has 4 N–H and O–H groups in total. The number of anilines is 1. The number of ether oxygens (including phenoxy) is 1. The lowest BCUT2D eigenvalue weighted by molar-refractivity contribution is -0.127. The zero-order valence-electron chi connectivity index (χ0n) is 14.0. The zero-order chi connectivity index (χ0) is 18.4. The van der Waals surface area contributed by atoms with Crippen molar-refractivity contribution in [1.82, 2.24) is 4.72 Å². The molecule has 0 saturated carbocycles. The molecule has 1 aliphatic rings. The van der Waals surface area contributed by atoms with E-state index in [1.165, 1.54) is 18.2 Å². The summed E-state index contributed by atoms with van der Waals surface area (Å²) in [6, 6.07) is 5.91. The molecule has 2 rings (SSSR count). The van der Waals surface area contributed by atoms with E-state index in [1.807, 2.05) is 6.92 Å². The van der Waals surface area contributed by atoms with Crippen molar-refractivity contribution < 1.29 is 28.2 Å². The zero-order valence-corrected chi connectivity index (χ0v) is 14.8. The van der Waals surface area contributed by atoms with Crippen LogP contribution in [0.3, 0.4) is 0 Å². The first-order valence-electron chi connectivity index (χ1n) is 8.22. The van der Waals surface area contributed by atoms with Crippen LogP contribution in [0.2, 0.25) is 0 Å². The van der Waals surface area contributed by atoms with Crippen molar-refractivity contribution in [2.24, 2.45) is 0 Å². The Hall–Kier alpha value is -1.52. The normalized spacial score (nSPS) is 23.6. The number of aliphatic hydroxyl groups excluding tert-OH is 2. The van der Waals surface area contributed by atoms with Gasteiger partial charge in [-0.3, -0.25) is 4.79 Å². The third kappa shape index (κ3) is 5.23.